The molecule has 0 spiro atoms. The summed E-state index contributed by atoms with van der Waals surface area (Å²) in [5.41, 5.74) is 2.85. The van der Waals surface area contributed by atoms with E-state index >= 15 is 0 Å². The topological polar surface area (TPSA) is 32.8 Å². The maximum absolute atomic E-state index is 13.0. The first-order chi connectivity index (χ1) is 13.0. The molecule has 0 bridgehead atoms. The molecule has 1 aliphatic rings. The van der Waals surface area contributed by atoms with E-state index in [4.69, 9.17) is 4.74 Å². The second-order valence-corrected chi connectivity index (χ2v) is 7.65. The fraction of sp³-hybridized carbons (Fsp3) is 0.435. The molecular formula is C23H30N2O2. The van der Waals surface area contributed by atoms with Crippen molar-refractivity contribution in [3.05, 3.63) is 54.1 Å². The van der Waals surface area contributed by atoms with Gasteiger partial charge in [-0.05, 0) is 75.2 Å². The number of piperidine rings is 1. The number of rotatable bonds is 5. The van der Waals surface area contributed by atoms with E-state index in [1.54, 1.807) is 7.11 Å². The molecule has 0 N–H and O–H groups in total. The van der Waals surface area contributed by atoms with Crippen molar-refractivity contribution in [1.29, 1.82) is 0 Å². The Morgan fingerprint density at radius 3 is 2.33 bits per heavy atom. The Morgan fingerprint density at radius 1 is 1.07 bits per heavy atom. The van der Waals surface area contributed by atoms with Gasteiger partial charge in [0, 0.05) is 24.7 Å². The number of hydrogen-bond acceptors (Lipinski definition) is 3. The molecule has 1 amide bonds. The number of carbonyl (C=O) groups excluding carboxylic acids is 1. The van der Waals surface area contributed by atoms with Crippen LogP contribution in [-0.4, -0.2) is 56.0 Å². The third-order valence-electron chi connectivity index (χ3n) is 5.84. The van der Waals surface area contributed by atoms with Crippen LogP contribution in [0.4, 0.5) is 0 Å². The lowest BCUT2D eigenvalue weighted by Crippen LogP contribution is -2.43. The molecule has 0 aromatic heterocycles. The maximum Gasteiger partial charge on any atom is 0.253 e. The summed E-state index contributed by atoms with van der Waals surface area (Å²) < 4.78 is 5.32. The van der Waals surface area contributed by atoms with E-state index < -0.39 is 0 Å². The van der Waals surface area contributed by atoms with E-state index in [2.05, 4.69) is 25.9 Å². The predicted octanol–water partition coefficient (Wildman–Crippen LogP) is 4.16. The normalized spacial score (nSPS) is 16.4. The summed E-state index contributed by atoms with van der Waals surface area (Å²) in [5.74, 6) is 1.61. The van der Waals surface area contributed by atoms with E-state index in [1.165, 1.54) is 0 Å². The highest BCUT2D eigenvalue weighted by molar-refractivity contribution is 5.95. The summed E-state index contributed by atoms with van der Waals surface area (Å²) >= 11 is 0. The Kier molecular flexibility index (Phi) is 6.17. The van der Waals surface area contributed by atoms with Gasteiger partial charge in [0.15, 0.2) is 0 Å². The SMILES string of the molecule is COc1cccc(-c2cccc(C(=O)N3CCC([C@H](C)N(C)C)CC3)c2)c1. The van der Waals surface area contributed by atoms with Gasteiger partial charge in [-0.25, -0.2) is 0 Å². The zero-order valence-corrected chi connectivity index (χ0v) is 16.8. The van der Waals surface area contributed by atoms with E-state index in [1.807, 2.05) is 53.4 Å². The molecule has 1 atom stereocenters. The van der Waals surface area contributed by atoms with Crippen molar-refractivity contribution < 1.29 is 9.53 Å². The molecule has 0 radical (unpaired) electrons. The molecule has 144 valence electrons. The average Bonchev–Trinajstić information content (AvgIpc) is 2.73. The summed E-state index contributed by atoms with van der Waals surface area (Å²) in [6.45, 7) is 3.95. The van der Waals surface area contributed by atoms with Crippen molar-refractivity contribution in [2.45, 2.75) is 25.8 Å². The second-order valence-electron chi connectivity index (χ2n) is 7.65. The van der Waals surface area contributed by atoms with Gasteiger partial charge in [0.05, 0.1) is 7.11 Å². The van der Waals surface area contributed by atoms with Gasteiger partial charge in [-0.3, -0.25) is 4.79 Å². The summed E-state index contributed by atoms with van der Waals surface area (Å²) in [6.07, 6.45) is 2.14. The fourth-order valence-corrected chi connectivity index (χ4v) is 3.82. The molecule has 4 nitrogen and oxygen atoms in total. The van der Waals surface area contributed by atoms with Crippen molar-refractivity contribution >= 4 is 5.91 Å². The number of likely N-dealkylation sites (tertiary alicyclic amines) is 1. The van der Waals surface area contributed by atoms with E-state index in [0.29, 0.717) is 12.0 Å². The molecule has 1 heterocycles. The van der Waals surface area contributed by atoms with Crippen molar-refractivity contribution in [2.75, 3.05) is 34.3 Å². The summed E-state index contributed by atoms with van der Waals surface area (Å²) in [4.78, 5) is 17.3. The summed E-state index contributed by atoms with van der Waals surface area (Å²) in [6, 6.07) is 16.4. The first-order valence-corrected chi connectivity index (χ1v) is 9.70. The van der Waals surface area contributed by atoms with Crippen molar-refractivity contribution in [3.63, 3.8) is 0 Å². The lowest BCUT2D eigenvalue weighted by molar-refractivity contribution is 0.0641. The minimum absolute atomic E-state index is 0.135. The van der Waals surface area contributed by atoms with E-state index in [0.717, 1.165) is 48.4 Å². The number of nitrogens with zero attached hydrogens (tertiary/aromatic N) is 2. The van der Waals surface area contributed by atoms with Crippen LogP contribution >= 0.6 is 0 Å². The standard InChI is InChI=1S/C23H30N2O2/c1-17(24(2)3)18-11-13-25(14-12-18)23(26)21-9-5-7-19(15-21)20-8-6-10-22(16-20)27-4/h5-10,15-18H,11-14H2,1-4H3/t17-/m0/s1. The van der Waals surface area contributed by atoms with Crippen LogP contribution in [0.5, 0.6) is 5.75 Å². The van der Waals surface area contributed by atoms with Crippen LogP contribution in [0.15, 0.2) is 48.5 Å². The number of carbonyl (C=O) groups is 1. The van der Waals surface area contributed by atoms with Gasteiger partial charge in [0.25, 0.3) is 5.91 Å². The summed E-state index contributed by atoms with van der Waals surface area (Å²) in [5, 5.41) is 0. The Morgan fingerprint density at radius 2 is 1.70 bits per heavy atom. The summed E-state index contributed by atoms with van der Waals surface area (Å²) in [7, 11) is 5.93. The van der Waals surface area contributed by atoms with Crippen LogP contribution in [0.25, 0.3) is 11.1 Å². The molecule has 2 aromatic carbocycles. The molecule has 2 aromatic rings. The molecule has 27 heavy (non-hydrogen) atoms. The molecule has 1 saturated heterocycles. The first-order valence-electron chi connectivity index (χ1n) is 9.70. The third kappa shape index (κ3) is 4.51. The van der Waals surface area contributed by atoms with Crippen LogP contribution in [0, 0.1) is 5.92 Å². The van der Waals surface area contributed by atoms with Gasteiger partial charge in [0.1, 0.15) is 5.75 Å². The number of amides is 1. The molecular weight excluding hydrogens is 336 g/mol. The highest BCUT2D eigenvalue weighted by Crippen LogP contribution is 2.27. The largest absolute Gasteiger partial charge is 0.497 e. The number of benzene rings is 2. The Bertz CT molecular complexity index is 779. The van der Waals surface area contributed by atoms with E-state index in [9.17, 15) is 4.79 Å². The predicted molar refractivity (Wildman–Crippen MR) is 110 cm³/mol. The highest BCUT2D eigenvalue weighted by Gasteiger charge is 2.27. The molecule has 0 aliphatic carbocycles. The lowest BCUT2D eigenvalue weighted by Gasteiger charge is -2.37. The van der Waals surface area contributed by atoms with Crippen molar-refractivity contribution in [2.24, 2.45) is 5.92 Å². The number of ether oxygens (including phenoxy) is 1. The molecule has 0 saturated carbocycles. The van der Waals surface area contributed by atoms with E-state index in [-0.39, 0.29) is 5.91 Å². The zero-order valence-electron chi connectivity index (χ0n) is 16.8. The Labute approximate surface area is 162 Å². The minimum atomic E-state index is 0.135. The van der Waals surface area contributed by atoms with Gasteiger partial charge in [0.2, 0.25) is 0 Å². The number of hydrogen-bond donors (Lipinski definition) is 0. The monoisotopic (exact) mass is 366 g/mol. The van der Waals surface area contributed by atoms with Crippen LogP contribution < -0.4 is 4.74 Å². The smallest absolute Gasteiger partial charge is 0.253 e. The van der Waals surface area contributed by atoms with Gasteiger partial charge >= 0.3 is 0 Å². The zero-order chi connectivity index (χ0) is 19.4. The quantitative estimate of drug-likeness (QED) is 0.796. The second kappa shape index (κ2) is 8.57. The Hall–Kier alpha value is -2.33. The third-order valence-corrected chi connectivity index (χ3v) is 5.84. The van der Waals surface area contributed by atoms with Gasteiger partial charge in [-0.15, -0.1) is 0 Å². The molecule has 1 fully saturated rings. The van der Waals surface area contributed by atoms with Gasteiger partial charge < -0.3 is 14.5 Å². The molecule has 3 rings (SSSR count). The fourth-order valence-electron chi connectivity index (χ4n) is 3.82. The molecule has 1 aliphatic heterocycles. The average molecular weight is 367 g/mol. The number of methoxy groups -OCH3 is 1. The highest BCUT2D eigenvalue weighted by atomic mass is 16.5. The van der Waals surface area contributed by atoms with Gasteiger partial charge in [-0.2, -0.15) is 0 Å². The lowest BCUT2D eigenvalue weighted by atomic mass is 9.89. The van der Waals surface area contributed by atoms with Crippen molar-refractivity contribution in [1.82, 2.24) is 9.80 Å². The Balaban J connectivity index is 1.71. The van der Waals surface area contributed by atoms with Crippen molar-refractivity contribution in [3.8, 4) is 16.9 Å². The molecule has 4 heteroatoms. The van der Waals surface area contributed by atoms with Crippen LogP contribution in [0.3, 0.4) is 0 Å². The maximum atomic E-state index is 13.0. The molecule has 0 unspecified atom stereocenters. The van der Waals surface area contributed by atoms with Crippen LogP contribution in [0.1, 0.15) is 30.1 Å². The first kappa shape index (κ1) is 19.4. The van der Waals surface area contributed by atoms with Crippen LogP contribution in [0.2, 0.25) is 0 Å². The van der Waals surface area contributed by atoms with Gasteiger partial charge in [-0.1, -0.05) is 24.3 Å². The minimum Gasteiger partial charge on any atom is -0.497 e. The van der Waals surface area contributed by atoms with Crippen LogP contribution in [-0.2, 0) is 0 Å².